The van der Waals surface area contributed by atoms with Crippen LogP contribution in [-0.2, 0) is 4.79 Å². The lowest BCUT2D eigenvalue weighted by Crippen LogP contribution is -2.42. The van der Waals surface area contributed by atoms with Crippen LogP contribution >= 0.6 is 0 Å². The first-order chi connectivity index (χ1) is 15.4. The molecule has 1 fully saturated rings. The predicted octanol–water partition coefficient (Wildman–Crippen LogP) is 4.65. The smallest absolute Gasteiger partial charge is 0.255 e. The molecule has 164 valence electrons. The van der Waals surface area contributed by atoms with E-state index in [9.17, 15) is 9.59 Å². The second-order valence-electron chi connectivity index (χ2n) is 8.19. The van der Waals surface area contributed by atoms with Crippen LogP contribution in [0.1, 0.15) is 23.2 Å². The minimum Gasteiger partial charge on any atom is -0.495 e. The molecule has 1 aliphatic carbocycles. The number of carbonyl (C=O) groups excluding carboxylic acids is 2. The van der Waals surface area contributed by atoms with Gasteiger partial charge in [-0.05, 0) is 68.4 Å². The van der Waals surface area contributed by atoms with Gasteiger partial charge in [-0.25, -0.2) is 0 Å². The molecule has 1 aliphatic rings. The van der Waals surface area contributed by atoms with Crippen LogP contribution in [0.2, 0.25) is 0 Å². The summed E-state index contributed by atoms with van der Waals surface area (Å²) >= 11 is 0. The summed E-state index contributed by atoms with van der Waals surface area (Å²) < 4.78 is 5.40. The first-order valence-electron chi connectivity index (χ1n) is 10.6. The van der Waals surface area contributed by atoms with Gasteiger partial charge in [0.2, 0.25) is 5.91 Å². The standard InChI is InChI=1S/C26H27N3O3/c1-29(2)26(15-16-26)25(31)28-22-17-21(13-14-23(22)32-3)27-24(30)20-11-9-19(10-12-20)18-7-5-4-6-8-18/h4-14,17H,15-16H2,1-3H3,(H,27,30)(H,28,31). The Labute approximate surface area is 188 Å². The topological polar surface area (TPSA) is 70.7 Å². The molecule has 32 heavy (non-hydrogen) atoms. The van der Waals surface area contributed by atoms with Gasteiger partial charge in [0, 0.05) is 11.3 Å². The number of benzene rings is 3. The summed E-state index contributed by atoms with van der Waals surface area (Å²) in [5.41, 5.74) is 3.34. The van der Waals surface area contributed by atoms with E-state index in [0.717, 1.165) is 24.0 Å². The van der Waals surface area contributed by atoms with E-state index in [1.54, 1.807) is 37.4 Å². The van der Waals surface area contributed by atoms with Crippen molar-refractivity contribution in [2.75, 3.05) is 31.8 Å². The highest BCUT2D eigenvalue weighted by atomic mass is 16.5. The Morgan fingerprint density at radius 1 is 0.875 bits per heavy atom. The molecular formula is C26H27N3O3. The largest absolute Gasteiger partial charge is 0.495 e. The second kappa shape index (κ2) is 8.85. The van der Waals surface area contributed by atoms with Crippen LogP contribution in [0.25, 0.3) is 11.1 Å². The van der Waals surface area contributed by atoms with Crippen molar-refractivity contribution < 1.29 is 14.3 Å². The zero-order valence-corrected chi connectivity index (χ0v) is 18.5. The monoisotopic (exact) mass is 429 g/mol. The van der Waals surface area contributed by atoms with Crippen molar-refractivity contribution in [1.29, 1.82) is 0 Å². The lowest BCUT2D eigenvalue weighted by molar-refractivity contribution is -0.121. The molecule has 6 heteroatoms. The number of hydrogen-bond donors (Lipinski definition) is 2. The molecule has 4 rings (SSSR count). The van der Waals surface area contributed by atoms with Gasteiger partial charge < -0.3 is 15.4 Å². The molecule has 0 spiro atoms. The van der Waals surface area contributed by atoms with Gasteiger partial charge in [0.1, 0.15) is 11.3 Å². The second-order valence-corrected chi connectivity index (χ2v) is 8.19. The van der Waals surface area contributed by atoms with Gasteiger partial charge >= 0.3 is 0 Å². The van der Waals surface area contributed by atoms with Crippen molar-refractivity contribution in [3.8, 4) is 16.9 Å². The Bertz CT molecular complexity index is 1120. The Morgan fingerprint density at radius 3 is 2.12 bits per heavy atom. The number of anilines is 2. The van der Waals surface area contributed by atoms with Crippen molar-refractivity contribution in [2.45, 2.75) is 18.4 Å². The molecule has 6 nitrogen and oxygen atoms in total. The van der Waals surface area contributed by atoms with E-state index in [0.29, 0.717) is 22.7 Å². The highest BCUT2D eigenvalue weighted by Crippen LogP contribution is 2.42. The maximum atomic E-state index is 12.8. The van der Waals surface area contributed by atoms with Gasteiger partial charge in [0.05, 0.1) is 12.8 Å². The fourth-order valence-corrected chi connectivity index (χ4v) is 3.77. The van der Waals surface area contributed by atoms with Crippen LogP contribution in [0.15, 0.2) is 72.8 Å². The molecule has 3 aromatic rings. The molecule has 0 aliphatic heterocycles. The SMILES string of the molecule is COc1ccc(NC(=O)c2ccc(-c3ccccc3)cc2)cc1NC(=O)C1(N(C)C)CC1. The van der Waals surface area contributed by atoms with Crippen molar-refractivity contribution in [3.63, 3.8) is 0 Å². The third-order valence-electron chi connectivity index (χ3n) is 5.96. The van der Waals surface area contributed by atoms with E-state index in [1.165, 1.54) is 0 Å². The van der Waals surface area contributed by atoms with Crippen LogP contribution in [-0.4, -0.2) is 43.5 Å². The normalized spacial score (nSPS) is 14.0. The maximum Gasteiger partial charge on any atom is 0.255 e. The number of hydrogen-bond acceptors (Lipinski definition) is 4. The lowest BCUT2D eigenvalue weighted by Gasteiger charge is -2.23. The van der Waals surface area contributed by atoms with E-state index >= 15 is 0 Å². The summed E-state index contributed by atoms with van der Waals surface area (Å²) in [4.78, 5) is 27.5. The highest BCUT2D eigenvalue weighted by Gasteiger charge is 2.52. The van der Waals surface area contributed by atoms with E-state index in [4.69, 9.17) is 4.74 Å². The molecule has 2 N–H and O–H groups in total. The van der Waals surface area contributed by atoms with E-state index in [-0.39, 0.29) is 11.8 Å². The van der Waals surface area contributed by atoms with Crippen LogP contribution < -0.4 is 15.4 Å². The quantitative estimate of drug-likeness (QED) is 0.574. The Morgan fingerprint density at radius 2 is 1.53 bits per heavy atom. The zero-order chi connectivity index (χ0) is 22.7. The average molecular weight is 430 g/mol. The van der Waals surface area contributed by atoms with Crippen LogP contribution in [0.3, 0.4) is 0 Å². The molecule has 0 atom stereocenters. The van der Waals surface area contributed by atoms with Gasteiger partial charge in [-0.3, -0.25) is 14.5 Å². The fourth-order valence-electron chi connectivity index (χ4n) is 3.77. The van der Waals surface area contributed by atoms with Crippen molar-refractivity contribution in [2.24, 2.45) is 0 Å². The van der Waals surface area contributed by atoms with Crippen LogP contribution in [0.4, 0.5) is 11.4 Å². The molecule has 0 bridgehead atoms. The van der Waals surface area contributed by atoms with Gasteiger partial charge in [0.15, 0.2) is 0 Å². The number of nitrogens with one attached hydrogen (secondary N) is 2. The lowest BCUT2D eigenvalue weighted by atomic mass is 10.0. The number of likely N-dealkylation sites (N-methyl/N-ethyl adjacent to an activating group) is 1. The minimum absolute atomic E-state index is 0.0687. The predicted molar refractivity (Wildman–Crippen MR) is 127 cm³/mol. The molecule has 0 unspecified atom stereocenters. The maximum absolute atomic E-state index is 12.8. The van der Waals surface area contributed by atoms with E-state index in [1.807, 2.05) is 61.5 Å². The molecule has 0 aromatic heterocycles. The zero-order valence-electron chi connectivity index (χ0n) is 18.5. The minimum atomic E-state index is -0.467. The van der Waals surface area contributed by atoms with Crippen LogP contribution in [0.5, 0.6) is 5.75 Å². The summed E-state index contributed by atoms with van der Waals surface area (Å²) in [5.74, 6) is 0.248. The first-order valence-corrected chi connectivity index (χ1v) is 10.6. The van der Waals surface area contributed by atoms with Gasteiger partial charge in [0.25, 0.3) is 5.91 Å². The molecule has 0 saturated heterocycles. The Balaban J connectivity index is 1.49. The van der Waals surface area contributed by atoms with Crippen LogP contribution in [0, 0.1) is 0 Å². The number of carbonyl (C=O) groups is 2. The molecule has 0 radical (unpaired) electrons. The number of ether oxygens (including phenoxy) is 1. The molecule has 2 amide bonds. The Hall–Kier alpha value is -3.64. The molecule has 0 heterocycles. The summed E-state index contributed by atoms with van der Waals surface area (Å²) in [7, 11) is 5.36. The Kier molecular flexibility index (Phi) is 5.97. The van der Waals surface area contributed by atoms with E-state index in [2.05, 4.69) is 10.6 Å². The van der Waals surface area contributed by atoms with Crippen molar-refractivity contribution in [1.82, 2.24) is 4.90 Å². The third-order valence-corrected chi connectivity index (χ3v) is 5.96. The molecular weight excluding hydrogens is 402 g/mol. The first kappa shape index (κ1) is 21.6. The summed E-state index contributed by atoms with van der Waals surface area (Å²) in [6, 6.07) is 22.7. The van der Waals surface area contributed by atoms with Gasteiger partial charge in [-0.15, -0.1) is 0 Å². The number of nitrogens with zero attached hydrogens (tertiary/aromatic N) is 1. The number of amides is 2. The van der Waals surface area contributed by atoms with Crippen molar-refractivity contribution in [3.05, 3.63) is 78.4 Å². The summed E-state index contributed by atoms with van der Waals surface area (Å²) in [5, 5.41) is 5.87. The number of methoxy groups -OCH3 is 1. The molecule has 3 aromatic carbocycles. The highest BCUT2D eigenvalue weighted by molar-refractivity contribution is 6.06. The third kappa shape index (κ3) is 4.36. The van der Waals surface area contributed by atoms with Gasteiger partial charge in [-0.1, -0.05) is 42.5 Å². The number of rotatable bonds is 7. The van der Waals surface area contributed by atoms with Crippen molar-refractivity contribution >= 4 is 23.2 Å². The molecule has 1 saturated carbocycles. The fraction of sp³-hybridized carbons (Fsp3) is 0.231. The average Bonchev–Trinajstić information content (AvgIpc) is 3.62. The summed E-state index contributed by atoms with van der Waals surface area (Å²) in [6.45, 7) is 0. The van der Waals surface area contributed by atoms with Gasteiger partial charge in [-0.2, -0.15) is 0 Å². The summed E-state index contributed by atoms with van der Waals surface area (Å²) in [6.07, 6.45) is 1.65. The van der Waals surface area contributed by atoms with E-state index < -0.39 is 5.54 Å².